The van der Waals surface area contributed by atoms with Gasteiger partial charge in [-0.2, -0.15) is 0 Å². The number of hydrogen-bond donors (Lipinski definition) is 1. The molecule has 0 atom stereocenters. The lowest BCUT2D eigenvalue weighted by Gasteiger charge is -2.11. The van der Waals surface area contributed by atoms with Crippen LogP contribution in [0.2, 0.25) is 0 Å². The van der Waals surface area contributed by atoms with Gasteiger partial charge in [0.15, 0.2) is 0 Å². The van der Waals surface area contributed by atoms with Gasteiger partial charge in [0.05, 0.1) is 5.75 Å². The summed E-state index contributed by atoms with van der Waals surface area (Å²) in [6, 6.07) is 0. The number of unbranched alkanes of at least 4 members (excludes halogenated alkanes) is 5. The van der Waals surface area contributed by atoms with Crippen LogP contribution in [0.1, 0.15) is 45.4 Å². The van der Waals surface area contributed by atoms with Crippen LogP contribution in [-0.4, -0.2) is 45.7 Å². The summed E-state index contributed by atoms with van der Waals surface area (Å²) in [5.41, 5.74) is 0. The number of nitrogens with one attached hydrogen (secondary N) is 1. The van der Waals surface area contributed by atoms with Crippen LogP contribution in [0, 0.1) is 0 Å². The monoisotopic (exact) mass is 264 g/mol. The second-order valence-corrected chi connectivity index (χ2v) is 6.92. The molecule has 0 saturated carbocycles. The maximum Gasteiger partial charge on any atom is 0.214 e. The summed E-state index contributed by atoms with van der Waals surface area (Å²) in [7, 11) is 0.113. The summed E-state index contributed by atoms with van der Waals surface area (Å²) >= 11 is 0. The molecule has 0 aromatic heterocycles. The van der Waals surface area contributed by atoms with Crippen molar-refractivity contribution in [2.45, 2.75) is 45.4 Å². The first-order chi connectivity index (χ1) is 8.00. The lowest BCUT2D eigenvalue weighted by molar-refractivity contribution is 0.515. The topological polar surface area (TPSA) is 49.4 Å². The van der Waals surface area contributed by atoms with E-state index in [4.69, 9.17) is 0 Å². The zero-order valence-electron chi connectivity index (χ0n) is 11.5. The maximum absolute atomic E-state index is 11.4. The molecule has 0 unspecified atom stereocenters. The summed E-state index contributed by atoms with van der Waals surface area (Å²) in [5, 5.41) is 3.18. The maximum atomic E-state index is 11.4. The predicted octanol–water partition coefficient (Wildman–Crippen LogP) is 1.83. The van der Waals surface area contributed by atoms with Gasteiger partial charge < -0.3 is 5.32 Å². The lowest BCUT2D eigenvalue weighted by atomic mass is 10.1. The summed E-state index contributed by atoms with van der Waals surface area (Å²) in [4.78, 5) is 0. The molecule has 0 aromatic carbocycles. The fourth-order valence-electron chi connectivity index (χ4n) is 1.54. The van der Waals surface area contributed by atoms with E-state index >= 15 is 0 Å². The Morgan fingerprint density at radius 1 is 0.941 bits per heavy atom. The van der Waals surface area contributed by atoms with E-state index in [-0.39, 0.29) is 5.75 Å². The van der Waals surface area contributed by atoms with E-state index in [1.807, 2.05) is 0 Å². The molecule has 0 heterocycles. The van der Waals surface area contributed by atoms with Gasteiger partial charge in [-0.05, 0) is 13.0 Å². The van der Waals surface area contributed by atoms with Gasteiger partial charge in [0.25, 0.3) is 0 Å². The Labute approximate surface area is 107 Å². The molecule has 17 heavy (non-hydrogen) atoms. The molecular formula is C12H28N2O2S. The van der Waals surface area contributed by atoms with Gasteiger partial charge in [0, 0.05) is 20.6 Å². The van der Waals surface area contributed by atoms with Gasteiger partial charge in [0.1, 0.15) is 0 Å². The molecular weight excluding hydrogens is 236 g/mol. The Bertz CT molecular complexity index is 264. The van der Waals surface area contributed by atoms with Gasteiger partial charge in [-0.15, -0.1) is 0 Å². The quantitative estimate of drug-likeness (QED) is 0.579. The third-order valence-electron chi connectivity index (χ3n) is 2.80. The zero-order valence-corrected chi connectivity index (χ0v) is 12.4. The molecule has 0 saturated heterocycles. The number of rotatable bonds is 11. The molecule has 0 aliphatic heterocycles. The van der Waals surface area contributed by atoms with Crippen LogP contribution >= 0.6 is 0 Å². The molecule has 0 amide bonds. The van der Waals surface area contributed by atoms with Gasteiger partial charge in [-0.25, -0.2) is 12.7 Å². The van der Waals surface area contributed by atoms with E-state index in [0.717, 1.165) is 13.0 Å². The van der Waals surface area contributed by atoms with Gasteiger partial charge in [0.2, 0.25) is 10.0 Å². The SMILES string of the molecule is CCCCCCCCNCCS(=O)(=O)N(C)C. The van der Waals surface area contributed by atoms with Crippen molar-refractivity contribution in [3.8, 4) is 0 Å². The van der Waals surface area contributed by atoms with Gasteiger partial charge in [-0.3, -0.25) is 0 Å². The highest BCUT2D eigenvalue weighted by atomic mass is 32.2. The first-order valence-electron chi connectivity index (χ1n) is 6.61. The Hall–Kier alpha value is -0.130. The molecule has 104 valence electrons. The minimum absolute atomic E-state index is 0.190. The molecule has 0 rings (SSSR count). The first kappa shape index (κ1) is 16.9. The number of hydrogen-bond acceptors (Lipinski definition) is 3. The summed E-state index contributed by atoms with van der Waals surface area (Å²) in [6.45, 7) is 3.69. The van der Waals surface area contributed by atoms with Crippen LogP contribution in [0.5, 0.6) is 0 Å². The highest BCUT2D eigenvalue weighted by Gasteiger charge is 2.11. The third-order valence-corrected chi connectivity index (χ3v) is 4.63. The largest absolute Gasteiger partial charge is 0.316 e. The minimum Gasteiger partial charge on any atom is -0.316 e. The second-order valence-electron chi connectivity index (χ2n) is 4.62. The molecule has 0 spiro atoms. The zero-order chi connectivity index (χ0) is 13.1. The van der Waals surface area contributed by atoms with Crippen molar-refractivity contribution in [2.75, 3.05) is 32.9 Å². The van der Waals surface area contributed by atoms with Crippen LogP contribution in [0.15, 0.2) is 0 Å². The van der Waals surface area contributed by atoms with Gasteiger partial charge >= 0.3 is 0 Å². The minimum atomic E-state index is -3.03. The molecule has 0 radical (unpaired) electrons. The van der Waals surface area contributed by atoms with Crippen LogP contribution in [0.25, 0.3) is 0 Å². The Balaban J connectivity index is 3.30. The van der Waals surface area contributed by atoms with E-state index in [2.05, 4.69) is 12.2 Å². The summed E-state index contributed by atoms with van der Waals surface area (Å²) in [6.07, 6.45) is 7.62. The van der Waals surface area contributed by atoms with Gasteiger partial charge in [-0.1, -0.05) is 39.0 Å². The van der Waals surface area contributed by atoms with E-state index in [1.165, 1.54) is 36.4 Å². The molecule has 4 nitrogen and oxygen atoms in total. The highest BCUT2D eigenvalue weighted by Crippen LogP contribution is 2.03. The average molecular weight is 264 g/mol. The number of nitrogens with zero attached hydrogens (tertiary/aromatic N) is 1. The fraction of sp³-hybridized carbons (Fsp3) is 1.00. The predicted molar refractivity (Wildman–Crippen MR) is 73.7 cm³/mol. The standard InChI is InChI=1S/C12H28N2O2S/c1-4-5-6-7-8-9-10-13-11-12-17(15,16)14(2)3/h13H,4-12H2,1-3H3. The molecule has 0 aliphatic carbocycles. The van der Waals surface area contributed by atoms with E-state index < -0.39 is 10.0 Å². The van der Waals surface area contributed by atoms with Crippen molar-refractivity contribution in [1.29, 1.82) is 0 Å². The molecule has 1 N–H and O–H groups in total. The van der Waals surface area contributed by atoms with Crippen LogP contribution in [-0.2, 0) is 10.0 Å². The van der Waals surface area contributed by atoms with Crippen molar-refractivity contribution >= 4 is 10.0 Å². The normalized spacial score (nSPS) is 12.2. The van der Waals surface area contributed by atoms with Crippen molar-refractivity contribution in [2.24, 2.45) is 0 Å². The first-order valence-corrected chi connectivity index (χ1v) is 8.22. The summed E-state index contributed by atoms with van der Waals surface area (Å²) in [5.74, 6) is 0.190. The second kappa shape index (κ2) is 9.85. The third kappa shape index (κ3) is 9.56. The van der Waals surface area contributed by atoms with Crippen LogP contribution in [0.3, 0.4) is 0 Å². The molecule has 0 aromatic rings. The van der Waals surface area contributed by atoms with Crippen molar-refractivity contribution in [3.63, 3.8) is 0 Å². The molecule has 5 heteroatoms. The molecule has 0 aliphatic rings. The molecule has 0 bridgehead atoms. The van der Waals surface area contributed by atoms with E-state index in [1.54, 1.807) is 14.1 Å². The average Bonchev–Trinajstić information content (AvgIpc) is 2.26. The van der Waals surface area contributed by atoms with Crippen molar-refractivity contribution in [1.82, 2.24) is 9.62 Å². The van der Waals surface area contributed by atoms with Crippen LogP contribution < -0.4 is 5.32 Å². The summed E-state index contributed by atoms with van der Waals surface area (Å²) < 4.78 is 24.1. The lowest BCUT2D eigenvalue weighted by Crippen LogP contribution is -2.31. The van der Waals surface area contributed by atoms with E-state index in [9.17, 15) is 8.42 Å². The van der Waals surface area contributed by atoms with E-state index in [0.29, 0.717) is 6.54 Å². The Kier molecular flexibility index (Phi) is 9.78. The smallest absolute Gasteiger partial charge is 0.214 e. The van der Waals surface area contributed by atoms with Crippen molar-refractivity contribution in [3.05, 3.63) is 0 Å². The van der Waals surface area contributed by atoms with Crippen LogP contribution in [0.4, 0.5) is 0 Å². The molecule has 0 fully saturated rings. The van der Waals surface area contributed by atoms with Crippen molar-refractivity contribution < 1.29 is 8.42 Å². The Morgan fingerprint density at radius 2 is 1.53 bits per heavy atom. The fourth-order valence-corrected chi connectivity index (χ4v) is 2.31. The number of sulfonamides is 1. The highest BCUT2D eigenvalue weighted by molar-refractivity contribution is 7.89. The Morgan fingerprint density at radius 3 is 2.12 bits per heavy atom.